The molecule has 6 rings (SSSR count). The van der Waals surface area contributed by atoms with E-state index in [9.17, 15) is 9.59 Å². The van der Waals surface area contributed by atoms with Crippen LogP contribution >= 0.6 is 11.3 Å². The number of para-hydroxylation sites is 1. The van der Waals surface area contributed by atoms with Crippen molar-refractivity contribution in [1.82, 2.24) is 24.3 Å². The van der Waals surface area contributed by atoms with Crippen molar-refractivity contribution in [3.8, 4) is 11.4 Å². The van der Waals surface area contributed by atoms with Crippen molar-refractivity contribution >= 4 is 44.3 Å². The summed E-state index contributed by atoms with van der Waals surface area (Å²) in [6.45, 7) is 1.79. The molecule has 0 spiro atoms. The molecule has 0 radical (unpaired) electrons. The molecule has 35 heavy (non-hydrogen) atoms. The van der Waals surface area contributed by atoms with Gasteiger partial charge in [0.15, 0.2) is 5.82 Å². The first kappa shape index (κ1) is 21.6. The summed E-state index contributed by atoms with van der Waals surface area (Å²) in [4.78, 5) is 33.7. The van der Waals surface area contributed by atoms with Crippen LogP contribution < -0.4 is 16.6 Å². The summed E-state index contributed by atoms with van der Waals surface area (Å²) < 4.78 is 3.63. The van der Waals surface area contributed by atoms with Crippen LogP contribution in [0.3, 0.4) is 0 Å². The number of hydrogen-bond acceptors (Lipinski definition) is 6. The molecule has 0 bridgehead atoms. The maximum absolute atomic E-state index is 13.2. The van der Waals surface area contributed by atoms with E-state index in [0.717, 1.165) is 36.1 Å². The maximum atomic E-state index is 13.2. The molecular weight excluding hydrogens is 460 g/mol. The predicted octanol–water partition coefficient (Wildman–Crippen LogP) is 3.41. The van der Waals surface area contributed by atoms with E-state index in [1.54, 1.807) is 10.6 Å². The van der Waals surface area contributed by atoms with Gasteiger partial charge in [-0.1, -0.05) is 24.3 Å². The van der Waals surface area contributed by atoms with Gasteiger partial charge in [-0.15, -0.1) is 11.3 Å². The molecule has 5 aromatic rings. The van der Waals surface area contributed by atoms with Gasteiger partial charge in [0.2, 0.25) is 0 Å². The number of likely N-dealkylation sites (tertiary alicyclic amines) is 1. The number of benzene rings is 2. The summed E-state index contributed by atoms with van der Waals surface area (Å²) in [7, 11) is 2.04. The highest BCUT2D eigenvalue weighted by Crippen LogP contribution is 2.28. The topological polar surface area (TPSA) is 98.2 Å². The van der Waals surface area contributed by atoms with Crippen LogP contribution in [0, 0.1) is 0 Å². The Morgan fingerprint density at radius 3 is 2.69 bits per heavy atom. The number of thiophene rings is 1. The van der Waals surface area contributed by atoms with E-state index in [1.165, 1.54) is 11.3 Å². The zero-order valence-electron chi connectivity index (χ0n) is 19.1. The van der Waals surface area contributed by atoms with Gasteiger partial charge in [-0.05, 0) is 56.4 Å². The quantitative estimate of drug-likeness (QED) is 0.407. The molecule has 3 aromatic heterocycles. The van der Waals surface area contributed by atoms with Crippen LogP contribution in [0.4, 0.5) is 5.82 Å². The summed E-state index contributed by atoms with van der Waals surface area (Å²) in [5.74, 6) is -0.249. The minimum absolute atomic E-state index is 0.0951. The number of carbonyl (C=O) groups excluding carboxylic acids is 1. The van der Waals surface area contributed by atoms with Crippen molar-refractivity contribution < 1.29 is 4.79 Å². The van der Waals surface area contributed by atoms with Crippen LogP contribution in [0.1, 0.15) is 16.1 Å². The summed E-state index contributed by atoms with van der Waals surface area (Å²) in [5, 5.41) is 4.15. The zero-order chi connectivity index (χ0) is 24.1. The van der Waals surface area contributed by atoms with Crippen LogP contribution in [0.5, 0.6) is 0 Å². The molecule has 2 aromatic carbocycles. The van der Waals surface area contributed by atoms with Crippen LogP contribution in [-0.4, -0.2) is 51.1 Å². The fraction of sp³-hybridized carbons (Fsp3) is 0.192. The molecule has 3 N–H and O–H groups in total. The van der Waals surface area contributed by atoms with E-state index in [-0.39, 0.29) is 17.8 Å². The van der Waals surface area contributed by atoms with Gasteiger partial charge in [-0.3, -0.25) is 14.2 Å². The third kappa shape index (κ3) is 3.78. The Kier molecular flexibility index (Phi) is 5.16. The molecule has 9 heteroatoms. The van der Waals surface area contributed by atoms with Crippen LogP contribution in [-0.2, 0) is 0 Å². The van der Waals surface area contributed by atoms with Gasteiger partial charge in [-0.2, -0.15) is 0 Å². The number of carbonyl (C=O) groups is 1. The number of likely N-dealkylation sites (N-methyl/N-ethyl adjacent to an activating group) is 1. The van der Waals surface area contributed by atoms with E-state index in [4.69, 9.17) is 5.73 Å². The van der Waals surface area contributed by atoms with Gasteiger partial charge >= 0.3 is 0 Å². The summed E-state index contributed by atoms with van der Waals surface area (Å²) in [6.07, 6.45) is 2.93. The molecule has 1 fully saturated rings. The second kappa shape index (κ2) is 8.37. The Balaban J connectivity index is 1.45. The number of amides is 1. The average molecular weight is 485 g/mol. The number of aromatic nitrogens is 3. The standard InChI is InChI=1S/C26H24N6O2S/c1-30-11-10-17(15-30)28-24(33)22-14-21-25(35-22)29-23(27)26(34)32(21)19-8-7-16-9-12-31(20(16)13-19)18-5-3-2-4-6-18/h2-9,12-14,17H,10-11,15H2,1H3,(H2,27,29)(H,28,33)/t17-/m1/s1. The fourth-order valence-electron chi connectivity index (χ4n) is 4.74. The van der Waals surface area contributed by atoms with Gasteiger partial charge in [0.1, 0.15) is 4.83 Å². The number of nitrogens with one attached hydrogen (secondary N) is 1. The number of hydrogen-bond donors (Lipinski definition) is 2. The molecule has 176 valence electrons. The molecule has 0 aliphatic carbocycles. The monoisotopic (exact) mass is 484 g/mol. The van der Waals surface area contributed by atoms with Gasteiger partial charge in [-0.25, -0.2) is 4.98 Å². The average Bonchev–Trinajstić information content (AvgIpc) is 3.58. The SMILES string of the molecule is CN1CC[C@@H](NC(=O)c2cc3c(nc(N)c(=O)n3-c3ccc4ccn(-c5ccccc5)c4c3)s2)C1. The van der Waals surface area contributed by atoms with Gasteiger partial charge in [0.25, 0.3) is 11.5 Å². The largest absolute Gasteiger partial charge is 0.379 e. The van der Waals surface area contributed by atoms with Gasteiger partial charge < -0.3 is 20.5 Å². The smallest absolute Gasteiger partial charge is 0.298 e. The predicted molar refractivity (Wildman–Crippen MR) is 140 cm³/mol. The number of nitrogens with zero attached hydrogens (tertiary/aromatic N) is 4. The second-order valence-corrected chi connectivity index (χ2v) is 9.96. The number of fused-ring (bicyclic) bond motifs is 2. The van der Waals surface area contributed by atoms with Crippen molar-refractivity contribution in [2.75, 3.05) is 25.9 Å². The van der Waals surface area contributed by atoms with Crippen molar-refractivity contribution in [2.24, 2.45) is 0 Å². The third-order valence-electron chi connectivity index (χ3n) is 6.50. The zero-order valence-corrected chi connectivity index (χ0v) is 20.0. The first-order valence-electron chi connectivity index (χ1n) is 11.5. The maximum Gasteiger partial charge on any atom is 0.298 e. The molecule has 1 aliphatic rings. The Morgan fingerprint density at radius 2 is 1.91 bits per heavy atom. The van der Waals surface area contributed by atoms with E-state index in [2.05, 4.69) is 19.8 Å². The normalized spacial score (nSPS) is 16.3. The minimum Gasteiger partial charge on any atom is -0.379 e. The van der Waals surface area contributed by atoms with Crippen molar-refractivity contribution in [3.63, 3.8) is 0 Å². The highest BCUT2D eigenvalue weighted by molar-refractivity contribution is 7.20. The highest BCUT2D eigenvalue weighted by Gasteiger charge is 2.23. The van der Waals surface area contributed by atoms with Crippen molar-refractivity contribution in [2.45, 2.75) is 12.5 Å². The molecule has 0 saturated carbocycles. The Morgan fingerprint density at radius 1 is 1.09 bits per heavy atom. The lowest BCUT2D eigenvalue weighted by Crippen LogP contribution is -2.36. The summed E-state index contributed by atoms with van der Waals surface area (Å²) in [6, 6.07) is 19.8. The Bertz CT molecular complexity index is 1630. The molecule has 0 unspecified atom stereocenters. The van der Waals surface area contributed by atoms with Crippen molar-refractivity contribution in [1.29, 1.82) is 0 Å². The lowest BCUT2D eigenvalue weighted by molar-refractivity contribution is 0.0942. The number of nitrogens with two attached hydrogens (primary N) is 1. The van der Waals surface area contributed by atoms with Crippen molar-refractivity contribution in [3.05, 3.63) is 82.1 Å². The molecule has 1 atom stereocenters. The lowest BCUT2D eigenvalue weighted by atomic mass is 10.2. The minimum atomic E-state index is -0.406. The van der Waals surface area contributed by atoms with Gasteiger partial charge in [0, 0.05) is 29.9 Å². The summed E-state index contributed by atoms with van der Waals surface area (Å²) >= 11 is 1.24. The molecule has 8 nitrogen and oxygen atoms in total. The van der Waals surface area contributed by atoms with Crippen LogP contribution in [0.2, 0.25) is 0 Å². The van der Waals surface area contributed by atoms with E-state index in [1.807, 2.05) is 67.8 Å². The molecule has 1 saturated heterocycles. The Hall–Kier alpha value is -3.95. The third-order valence-corrected chi connectivity index (χ3v) is 7.52. The number of nitrogen functional groups attached to an aromatic ring is 1. The first-order valence-corrected chi connectivity index (χ1v) is 12.3. The molecule has 1 aliphatic heterocycles. The van der Waals surface area contributed by atoms with E-state index >= 15 is 0 Å². The number of anilines is 1. The van der Waals surface area contributed by atoms with Crippen LogP contribution in [0.15, 0.2) is 71.7 Å². The second-order valence-electron chi connectivity index (χ2n) is 8.92. The fourth-order valence-corrected chi connectivity index (χ4v) is 5.67. The summed E-state index contributed by atoms with van der Waals surface area (Å²) in [5.41, 5.74) is 8.84. The highest BCUT2D eigenvalue weighted by atomic mass is 32.1. The Labute approximate surface area is 205 Å². The van der Waals surface area contributed by atoms with E-state index < -0.39 is 5.56 Å². The van der Waals surface area contributed by atoms with Gasteiger partial charge in [0.05, 0.1) is 21.6 Å². The molecular formula is C26H24N6O2S. The molecule has 4 heterocycles. The molecule has 1 amide bonds. The first-order chi connectivity index (χ1) is 17.0. The lowest BCUT2D eigenvalue weighted by Gasteiger charge is -2.11. The van der Waals surface area contributed by atoms with Crippen LogP contribution in [0.25, 0.3) is 32.6 Å². The number of rotatable bonds is 4. The van der Waals surface area contributed by atoms with E-state index in [0.29, 0.717) is 20.9 Å².